The van der Waals surface area contributed by atoms with Gasteiger partial charge < -0.3 is 4.74 Å². The van der Waals surface area contributed by atoms with E-state index in [4.69, 9.17) is 4.74 Å². The van der Waals surface area contributed by atoms with Crippen LogP contribution in [-0.4, -0.2) is 11.4 Å². The second kappa shape index (κ2) is 10.5. The van der Waals surface area contributed by atoms with Gasteiger partial charge in [0.2, 0.25) is 0 Å². The lowest BCUT2D eigenvalue weighted by molar-refractivity contribution is -0.115. The predicted molar refractivity (Wildman–Crippen MR) is 174 cm³/mol. The molecule has 0 fully saturated rings. The monoisotopic (exact) mass is 550 g/mol. The number of rotatable bonds is 2. The molecule has 2 nitrogen and oxygen atoms in total. The van der Waals surface area contributed by atoms with Crippen molar-refractivity contribution in [2.45, 2.75) is 137 Å². The zero-order valence-corrected chi connectivity index (χ0v) is 29.5. The van der Waals surface area contributed by atoms with Gasteiger partial charge in [0.15, 0.2) is 11.4 Å². The number of ketones is 1. The van der Waals surface area contributed by atoms with Crippen molar-refractivity contribution in [1.82, 2.24) is 0 Å². The summed E-state index contributed by atoms with van der Waals surface area (Å²) in [6, 6.07) is 0. The standard InChI is InChI=1S/C38H62O2/c1-32(2,3)25-19-21-26(33(4,5)6)31(27(22-20-25)34(7,8)9)40-38(37(16,17)18)23-28(35(10,11)12)30(39)29(24-38)36(13,14)15/h19-21,23-24,27H,22H2,1-18H3/b21-19-,25-20+,31-26-. The van der Waals surface area contributed by atoms with E-state index in [0.29, 0.717) is 0 Å². The van der Waals surface area contributed by atoms with E-state index in [1.807, 2.05) is 0 Å². The molecule has 0 aromatic rings. The van der Waals surface area contributed by atoms with Crippen molar-refractivity contribution in [3.05, 3.63) is 58.4 Å². The van der Waals surface area contributed by atoms with E-state index >= 15 is 0 Å². The Hall–Kier alpha value is -1.83. The number of Topliss-reactive ketones (excluding diaryl/α,β-unsaturated/α-hetero) is 1. The molecular formula is C38H62O2. The third-order valence-electron chi connectivity index (χ3n) is 8.58. The zero-order chi connectivity index (χ0) is 31.5. The number of hydrogen-bond donors (Lipinski definition) is 0. The summed E-state index contributed by atoms with van der Waals surface area (Å²) in [5.74, 6) is 1.37. The van der Waals surface area contributed by atoms with Crippen molar-refractivity contribution in [2.75, 3.05) is 0 Å². The van der Waals surface area contributed by atoms with Crippen LogP contribution in [0.4, 0.5) is 0 Å². The number of carbonyl (C=O) groups is 1. The van der Waals surface area contributed by atoms with Crippen molar-refractivity contribution in [3.8, 4) is 0 Å². The Bertz CT molecular complexity index is 1100. The van der Waals surface area contributed by atoms with Crippen LogP contribution in [-0.2, 0) is 9.53 Å². The molecule has 0 aromatic heterocycles. The molecular weight excluding hydrogens is 488 g/mol. The van der Waals surface area contributed by atoms with Crippen LogP contribution in [0.5, 0.6) is 0 Å². The molecule has 0 aromatic carbocycles. The number of ether oxygens (including phenoxy) is 1. The van der Waals surface area contributed by atoms with E-state index in [-0.39, 0.29) is 44.2 Å². The van der Waals surface area contributed by atoms with Crippen LogP contribution >= 0.6 is 0 Å². The Labute approximate surface area is 248 Å². The van der Waals surface area contributed by atoms with Gasteiger partial charge in [-0.15, -0.1) is 0 Å². The first-order chi connectivity index (χ1) is 17.5. The van der Waals surface area contributed by atoms with E-state index in [9.17, 15) is 4.79 Å². The number of allylic oxidation sites excluding steroid dienone is 8. The van der Waals surface area contributed by atoms with Crippen LogP contribution in [0.25, 0.3) is 0 Å². The van der Waals surface area contributed by atoms with Crippen LogP contribution in [0.1, 0.15) is 131 Å². The van der Waals surface area contributed by atoms with Crippen molar-refractivity contribution in [1.29, 1.82) is 0 Å². The van der Waals surface area contributed by atoms with Gasteiger partial charge in [0, 0.05) is 22.5 Å². The van der Waals surface area contributed by atoms with Gasteiger partial charge in [-0.05, 0) is 56.8 Å². The molecule has 0 amide bonds. The van der Waals surface area contributed by atoms with Crippen molar-refractivity contribution < 1.29 is 9.53 Å². The molecule has 0 aliphatic heterocycles. The molecule has 2 heteroatoms. The van der Waals surface area contributed by atoms with E-state index < -0.39 is 5.60 Å². The first-order valence-corrected chi connectivity index (χ1v) is 15.4. The van der Waals surface area contributed by atoms with E-state index in [1.54, 1.807) is 0 Å². The Morgan fingerprint density at radius 3 is 1.43 bits per heavy atom. The molecule has 0 saturated heterocycles. The molecule has 0 radical (unpaired) electrons. The fraction of sp³-hybridized carbons (Fsp3) is 0.711. The number of hydrogen-bond acceptors (Lipinski definition) is 2. The second-order valence-corrected chi connectivity index (χ2v) is 18.5. The summed E-state index contributed by atoms with van der Waals surface area (Å²) in [7, 11) is 0. The van der Waals surface area contributed by atoms with Gasteiger partial charge in [0.05, 0.1) is 0 Å². The minimum atomic E-state index is -0.787. The minimum Gasteiger partial charge on any atom is -0.482 e. The van der Waals surface area contributed by atoms with Crippen LogP contribution in [0.3, 0.4) is 0 Å². The summed E-state index contributed by atoms with van der Waals surface area (Å²) in [6.07, 6.45) is 12.3. The molecule has 2 rings (SSSR count). The van der Waals surface area contributed by atoms with Gasteiger partial charge in [-0.1, -0.05) is 143 Å². The van der Waals surface area contributed by atoms with Gasteiger partial charge in [0.25, 0.3) is 0 Å². The zero-order valence-electron chi connectivity index (χ0n) is 29.5. The molecule has 1 atom stereocenters. The first kappa shape index (κ1) is 34.4. The Balaban J connectivity index is 3.08. The highest BCUT2D eigenvalue weighted by Crippen LogP contribution is 2.52. The maximum absolute atomic E-state index is 14.0. The smallest absolute Gasteiger partial charge is 0.185 e. The van der Waals surface area contributed by atoms with Crippen LogP contribution in [0.15, 0.2) is 58.4 Å². The molecule has 2 aliphatic carbocycles. The summed E-state index contributed by atoms with van der Waals surface area (Å²) in [4.78, 5) is 14.0. The Morgan fingerprint density at radius 2 is 1.10 bits per heavy atom. The highest BCUT2D eigenvalue weighted by atomic mass is 16.5. The maximum atomic E-state index is 14.0. The van der Waals surface area contributed by atoms with Crippen LogP contribution in [0.2, 0.25) is 0 Å². The van der Waals surface area contributed by atoms with Gasteiger partial charge in [-0.2, -0.15) is 0 Å². The highest BCUT2D eigenvalue weighted by Gasteiger charge is 2.50. The lowest BCUT2D eigenvalue weighted by Crippen LogP contribution is -2.48. The first-order valence-electron chi connectivity index (χ1n) is 15.4. The fourth-order valence-corrected chi connectivity index (χ4v) is 5.60. The average molecular weight is 551 g/mol. The minimum absolute atomic E-state index is 0.0345. The predicted octanol–water partition coefficient (Wildman–Crippen LogP) is 11.2. The van der Waals surface area contributed by atoms with Crippen molar-refractivity contribution in [3.63, 3.8) is 0 Å². The molecule has 40 heavy (non-hydrogen) atoms. The van der Waals surface area contributed by atoms with Gasteiger partial charge in [-0.25, -0.2) is 0 Å². The Kier molecular flexibility index (Phi) is 8.99. The van der Waals surface area contributed by atoms with Crippen molar-refractivity contribution in [2.24, 2.45) is 38.4 Å². The number of carbonyl (C=O) groups excluding carboxylic acids is 1. The third-order valence-corrected chi connectivity index (χ3v) is 8.58. The lowest BCUT2D eigenvalue weighted by atomic mass is 9.64. The quantitative estimate of drug-likeness (QED) is 0.342. The SMILES string of the molecule is CC(C)(C)C1=CC(O/C2=C(C(C)(C)C)/C=C\C(C(C)(C)C)=C/CC2C(C)(C)C)(C(C)(C)C)C=C(C(C)(C)C)C1=O. The Morgan fingerprint density at radius 1 is 0.650 bits per heavy atom. The summed E-state index contributed by atoms with van der Waals surface area (Å²) in [5.41, 5.74) is 2.47. The van der Waals surface area contributed by atoms with Crippen LogP contribution in [0, 0.1) is 38.4 Å². The topological polar surface area (TPSA) is 26.3 Å². The van der Waals surface area contributed by atoms with E-state index in [2.05, 4.69) is 155 Å². The summed E-state index contributed by atoms with van der Waals surface area (Å²) in [6.45, 7) is 40.3. The highest BCUT2D eigenvalue weighted by molar-refractivity contribution is 6.11. The molecule has 0 saturated carbocycles. The van der Waals surface area contributed by atoms with Gasteiger partial charge >= 0.3 is 0 Å². The molecule has 1 unspecified atom stereocenters. The normalized spacial score (nSPS) is 25.8. The van der Waals surface area contributed by atoms with Gasteiger partial charge in [0.1, 0.15) is 5.76 Å². The third kappa shape index (κ3) is 7.32. The molecule has 0 spiro atoms. The average Bonchev–Trinajstić information content (AvgIpc) is 2.65. The largest absolute Gasteiger partial charge is 0.482 e. The van der Waals surface area contributed by atoms with Crippen LogP contribution < -0.4 is 0 Å². The molecule has 0 heterocycles. The summed E-state index contributed by atoms with van der Waals surface area (Å²) >= 11 is 0. The van der Waals surface area contributed by atoms with E-state index in [0.717, 1.165) is 23.3 Å². The van der Waals surface area contributed by atoms with E-state index in [1.165, 1.54) is 11.1 Å². The summed E-state index contributed by atoms with van der Waals surface area (Å²) in [5, 5.41) is 0. The molecule has 2 aliphatic rings. The lowest BCUT2D eigenvalue weighted by Gasteiger charge is -2.49. The van der Waals surface area contributed by atoms with Gasteiger partial charge in [-0.3, -0.25) is 4.79 Å². The second-order valence-electron chi connectivity index (χ2n) is 18.5. The molecule has 0 N–H and O–H groups in total. The van der Waals surface area contributed by atoms with Crippen molar-refractivity contribution >= 4 is 5.78 Å². The molecule has 0 bridgehead atoms. The fourth-order valence-electron chi connectivity index (χ4n) is 5.60. The summed E-state index contributed by atoms with van der Waals surface area (Å²) < 4.78 is 7.61. The maximum Gasteiger partial charge on any atom is 0.185 e. The molecule has 226 valence electrons.